The minimum atomic E-state index is -3.49. The third-order valence-electron chi connectivity index (χ3n) is 2.74. The summed E-state index contributed by atoms with van der Waals surface area (Å²) in [4.78, 5) is 0. The van der Waals surface area contributed by atoms with Gasteiger partial charge in [0.1, 0.15) is 4.21 Å². The van der Waals surface area contributed by atoms with Crippen LogP contribution in [0.3, 0.4) is 0 Å². The molecule has 102 valence electrons. The van der Waals surface area contributed by atoms with Crippen molar-refractivity contribution in [2.24, 2.45) is 0 Å². The second-order valence-corrected chi connectivity index (χ2v) is 9.15. The fraction of sp³-hybridized carbons (Fsp3) is 0.600. The van der Waals surface area contributed by atoms with Crippen LogP contribution in [0.15, 0.2) is 14.1 Å². The van der Waals surface area contributed by atoms with Gasteiger partial charge in [0, 0.05) is 12.6 Å². The van der Waals surface area contributed by atoms with Crippen LogP contribution in [0.25, 0.3) is 0 Å². The Hall–Kier alpha value is 0.340. The highest BCUT2D eigenvalue weighted by Gasteiger charge is 2.35. The van der Waals surface area contributed by atoms with Crippen LogP contribution in [0.5, 0.6) is 0 Å². The van der Waals surface area contributed by atoms with Gasteiger partial charge in [0.05, 0.1) is 21.5 Å². The molecule has 0 aromatic carbocycles. The Morgan fingerprint density at radius 3 is 2.78 bits per heavy atom. The quantitative estimate of drug-likeness (QED) is 0.799. The van der Waals surface area contributed by atoms with Crippen LogP contribution in [0.4, 0.5) is 0 Å². The van der Waals surface area contributed by atoms with Crippen LogP contribution in [-0.4, -0.2) is 38.0 Å². The van der Waals surface area contributed by atoms with E-state index in [9.17, 15) is 8.42 Å². The fourth-order valence-corrected chi connectivity index (χ4v) is 6.00. The summed E-state index contributed by atoms with van der Waals surface area (Å²) in [7, 11) is -3.49. The molecule has 2 unspecified atom stereocenters. The molecule has 1 aromatic heterocycles. The van der Waals surface area contributed by atoms with E-state index in [2.05, 4.69) is 15.9 Å². The van der Waals surface area contributed by atoms with E-state index in [4.69, 9.17) is 16.3 Å². The highest BCUT2D eigenvalue weighted by Crippen LogP contribution is 2.36. The molecule has 2 heterocycles. The summed E-state index contributed by atoms with van der Waals surface area (Å²) >= 11 is 10.3. The molecule has 18 heavy (non-hydrogen) atoms. The van der Waals surface area contributed by atoms with Crippen molar-refractivity contribution in [3.63, 3.8) is 0 Å². The number of rotatable bonds is 2. The molecule has 0 bridgehead atoms. The van der Waals surface area contributed by atoms with Gasteiger partial charge in [-0.3, -0.25) is 0 Å². The summed E-state index contributed by atoms with van der Waals surface area (Å²) in [5, 5.41) is 0.424. The molecule has 0 saturated carbocycles. The lowest BCUT2D eigenvalue weighted by Gasteiger charge is -2.35. The summed E-state index contributed by atoms with van der Waals surface area (Å²) in [6.45, 7) is 4.50. The van der Waals surface area contributed by atoms with Crippen molar-refractivity contribution in [2.75, 3.05) is 13.2 Å². The number of ether oxygens (including phenoxy) is 1. The first-order valence-electron chi connectivity index (χ1n) is 5.40. The molecule has 1 aliphatic heterocycles. The van der Waals surface area contributed by atoms with Crippen molar-refractivity contribution in [1.82, 2.24) is 4.31 Å². The van der Waals surface area contributed by atoms with Crippen LogP contribution in [0, 0.1) is 0 Å². The Bertz CT molecular complexity index is 526. The fourth-order valence-electron chi connectivity index (χ4n) is 1.78. The van der Waals surface area contributed by atoms with Crippen molar-refractivity contribution in [3.8, 4) is 0 Å². The van der Waals surface area contributed by atoms with Crippen molar-refractivity contribution in [2.45, 2.75) is 30.2 Å². The van der Waals surface area contributed by atoms with Crippen LogP contribution in [0.2, 0.25) is 5.02 Å². The number of hydrogen-bond acceptors (Lipinski definition) is 4. The van der Waals surface area contributed by atoms with E-state index in [1.54, 1.807) is 0 Å². The largest absolute Gasteiger partial charge is 0.375 e. The smallest absolute Gasteiger partial charge is 0.253 e. The third-order valence-corrected chi connectivity index (χ3v) is 7.64. The molecule has 1 aromatic rings. The zero-order chi connectivity index (χ0) is 13.5. The predicted octanol–water partition coefficient (Wildman–Crippen LogP) is 2.96. The Morgan fingerprint density at radius 1 is 1.56 bits per heavy atom. The highest BCUT2D eigenvalue weighted by atomic mass is 79.9. The average molecular weight is 375 g/mol. The molecule has 0 spiro atoms. The van der Waals surface area contributed by atoms with Crippen LogP contribution in [-0.2, 0) is 14.8 Å². The van der Waals surface area contributed by atoms with E-state index < -0.39 is 10.0 Å². The predicted molar refractivity (Wildman–Crippen MR) is 75.8 cm³/mol. The van der Waals surface area contributed by atoms with Crippen molar-refractivity contribution in [1.29, 1.82) is 0 Å². The lowest BCUT2D eigenvalue weighted by atomic mass is 10.2. The molecule has 0 amide bonds. The van der Waals surface area contributed by atoms with E-state index in [0.29, 0.717) is 22.0 Å². The monoisotopic (exact) mass is 373 g/mol. The molecule has 0 radical (unpaired) electrons. The van der Waals surface area contributed by atoms with E-state index in [1.807, 2.05) is 13.8 Å². The Morgan fingerprint density at radius 2 is 2.22 bits per heavy atom. The number of hydrogen-bond donors (Lipinski definition) is 0. The second-order valence-electron chi connectivity index (χ2n) is 4.25. The van der Waals surface area contributed by atoms with E-state index >= 15 is 0 Å². The SMILES string of the molecule is CC1CN(S(=O)(=O)c2cc(Cl)c(Br)s2)C(C)CO1. The number of nitrogens with zero attached hydrogens (tertiary/aromatic N) is 1. The standard InChI is InChI=1S/C10H13BrClNO3S2/c1-6-5-16-7(2)4-13(6)18(14,15)9-3-8(12)10(11)17-9/h3,6-7H,4-5H2,1-2H3. The van der Waals surface area contributed by atoms with E-state index in [-0.39, 0.29) is 16.4 Å². The minimum Gasteiger partial charge on any atom is -0.375 e. The summed E-state index contributed by atoms with van der Waals surface area (Å²) < 4.78 is 32.8. The second kappa shape index (κ2) is 5.38. The number of thiophene rings is 1. The molecule has 1 aliphatic rings. The van der Waals surface area contributed by atoms with Gasteiger partial charge in [0.15, 0.2) is 0 Å². The molecular weight excluding hydrogens is 362 g/mol. The van der Waals surface area contributed by atoms with Crippen LogP contribution >= 0.6 is 38.9 Å². The zero-order valence-electron chi connectivity index (χ0n) is 9.89. The van der Waals surface area contributed by atoms with Gasteiger partial charge >= 0.3 is 0 Å². The van der Waals surface area contributed by atoms with Gasteiger partial charge in [-0.25, -0.2) is 8.42 Å². The molecule has 0 aliphatic carbocycles. The normalized spacial score (nSPS) is 26.4. The first-order valence-corrected chi connectivity index (χ1v) is 8.83. The van der Waals surface area contributed by atoms with Crippen LogP contribution in [0.1, 0.15) is 13.8 Å². The molecule has 8 heteroatoms. The molecule has 2 atom stereocenters. The highest BCUT2D eigenvalue weighted by molar-refractivity contribution is 9.11. The summed E-state index contributed by atoms with van der Waals surface area (Å²) in [5.41, 5.74) is 0. The third kappa shape index (κ3) is 2.76. The zero-order valence-corrected chi connectivity index (χ0v) is 13.9. The Kier molecular flexibility index (Phi) is 4.40. The molecule has 1 saturated heterocycles. The van der Waals surface area contributed by atoms with Crippen molar-refractivity contribution >= 4 is 48.9 Å². The molecule has 4 nitrogen and oxygen atoms in total. The van der Waals surface area contributed by atoms with E-state index in [1.165, 1.54) is 10.4 Å². The molecule has 2 rings (SSSR count). The average Bonchev–Trinajstić information content (AvgIpc) is 2.63. The number of morpholine rings is 1. The van der Waals surface area contributed by atoms with Gasteiger partial charge in [-0.05, 0) is 35.8 Å². The summed E-state index contributed by atoms with van der Waals surface area (Å²) in [5.74, 6) is 0. The summed E-state index contributed by atoms with van der Waals surface area (Å²) in [6, 6.07) is 1.32. The minimum absolute atomic E-state index is 0.0881. The maximum Gasteiger partial charge on any atom is 0.253 e. The van der Waals surface area contributed by atoms with Gasteiger partial charge in [-0.1, -0.05) is 11.6 Å². The van der Waals surface area contributed by atoms with Gasteiger partial charge in [0.25, 0.3) is 10.0 Å². The van der Waals surface area contributed by atoms with Gasteiger partial charge in [0.2, 0.25) is 0 Å². The first-order chi connectivity index (χ1) is 8.32. The topological polar surface area (TPSA) is 46.6 Å². The maximum absolute atomic E-state index is 12.5. The Balaban J connectivity index is 2.35. The van der Waals surface area contributed by atoms with Gasteiger partial charge < -0.3 is 4.74 Å². The molecule has 0 N–H and O–H groups in total. The number of sulfonamides is 1. The van der Waals surface area contributed by atoms with Crippen LogP contribution < -0.4 is 0 Å². The first kappa shape index (κ1) is 14.7. The lowest BCUT2D eigenvalue weighted by molar-refractivity contribution is -0.0170. The Labute approximate surface area is 124 Å². The van der Waals surface area contributed by atoms with Gasteiger partial charge in [-0.15, -0.1) is 11.3 Å². The molecular formula is C10H13BrClNO3S2. The maximum atomic E-state index is 12.5. The number of halogens is 2. The van der Waals surface area contributed by atoms with Crippen molar-refractivity contribution in [3.05, 3.63) is 14.9 Å². The summed E-state index contributed by atoms with van der Waals surface area (Å²) in [6.07, 6.45) is -0.0881. The molecule has 1 fully saturated rings. The van der Waals surface area contributed by atoms with Gasteiger partial charge in [-0.2, -0.15) is 4.31 Å². The lowest BCUT2D eigenvalue weighted by Crippen LogP contribution is -2.49. The van der Waals surface area contributed by atoms with Crippen molar-refractivity contribution < 1.29 is 13.2 Å². The van der Waals surface area contributed by atoms with E-state index in [0.717, 1.165) is 11.3 Å².